The van der Waals surface area contributed by atoms with Gasteiger partial charge in [0.05, 0.1) is 0 Å². The standard InChI is InChI=1S/C18H19O5P/c1-3-17(13-5-9-15(19)10-6-13)18(4-2)14-7-11-16(12-8-14)23-24(20,21)22/h3-12,19H,1-2H3,(H2,20,21,22)/b17-3+,18-4+. The molecule has 0 aliphatic heterocycles. The van der Waals surface area contributed by atoms with E-state index in [9.17, 15) is 9.67 Å². The van der Waals surface area contributed by atoms with Crippen molar-refractivity contribution in [3.8, 4) is 11.5 Å². The van der Waals surface area contributed by atoms with Crippen molar-refractivity contribution in [2.75, 3.05) is 0 Å². The van der Waals surface area contributed by atoms with Gasteiger partial charge >= 0.3 is 7.82 Å². The lowest BCUT2D eigenvalue weighted by Gasteiger charge is -2.14. The molecule has 0 unspecified atom stereocenters. The van der Waals surface area contributed by atoms with Crippen LogP contribution in [0.4, 0.5) is 0 Å². The van der Waals surface area contributed by atoms with Crippen LogP contribution in [0.25, 0.3) is 11.1 Å². The molecule has 0 aliphatic rings. The zero-order chi connectivity index (χ0) is 17.7. The number of phosphoric ester groups is 1. The lowest BCUT2D eigenvalue weighted by Crippen LogP contribution is -1.93. The molecule has 0 heterocycles. The fourth-order valence-electron chi connectivity index (χ4n) is 2.43. The van der Waals surface area contributed by atoms with Gasteiger partial charge in [0.2, 0.25) is 0 Å². The topological polar surface area (TPSA) is 87.0 Å². The normalized spacial score (nSPS) is 13.0. The Morgan fingerprint density at radius 3 is 1.67 bits per heavy atom. The molecule has 126 valence electrons. The summed E-state index contributed by atoms with van der Waals surface area (Å²) in [6.45, 7) is 3.84. The molecule has 2 aromatic rings. The third-order valence-corrected chi connectivity index (χ3v) is 3.88. The van der Waals surface area contributed by atoms with Crippen LogP contribution < -0.4 is 4.52 Å². The van der Waals surface area contributed by atoms with Gasteiger partial charge in [0.1, 0.15) is 11.5 Å². The summed E-state index contributed by atoms with van der Waals surface area (Å²) in [5.41, 5.74) is 3.79. The van der Waals surface area contributed by atoms with Gasteiger partial charge in [-0.25, -0.2) is 4.57 Å². The molecule has 0 saturated heterocycles. The highest BCUT2D eigenvalue weighted by Gasteiger charge is 2.16. The van der Waals surface area contributed by atoms with E-state index in [0.717, 1.165) is 22.3 Å². The molecule has 3 N–H and O–H groups in total. The van der Waals surface area contributed by atoms with E-state index in [2.05, 4.69) is 4.52 Å². The summed E-state index contributed by atoms with van der Waals surface area (Å²) in [6.07, 6.45) is 3.93. The van der Waals surface area contributed by atoms with Gasteiger partial charge in [-0.1, -0.05) is 36.4 Å². The smallest absolute Gasteiger partial charge is 0.508 e. The number of hydrogen-bond donors (Lipinski definition) is 3. The fourth-order valence-corrected chi connectivity index (χ4v) is 2.83. The quantitative estimate of drug-likeness (QED) is 0.553. The zero-order valence-electron chi connectivity index (χ0n) is 13.4. The molecule has 6 heteroatoms. The molecular weight excluding hydrogens is 327 g/mol. The van der Waals surface area contributed by atoms with Crippen molar-refractivity contribution in [1.29, 1.82) is 0 Å². The van der Waals surface area contributed by atoms with Crippen molar-refractivity contribution in [2.45, 2.75) is 13.8 Å². The summed E-state index contributed by atoms with van der Waals surface area (Å²) in [7, 11) is -4.56. The molecule has 0 spiro atoms. The Bertz CT molecular complexity index is 798. The molecular formula is C18H19O5P. The number of hydrogen-bond acceptors (Lipinski definition) is 3. The predicted molar refractivity (Wildman–Crippen MR) is 94.5 cm³/mol. The summed E-state index contributed by atoms with van der Waals surface area (Å²) in [5.74, 6) is 0.310. The van der Waals surface area contributed by atoms with Crippen LogP contribution in [0.5, 0.6) is 11.5 Å². The van der Waals surface area contributed by atoms with Crippen LogP contribution in [-0.2, 0) is 4.57 Å². The maximum absolute atomic E-state index is 10.9. The van der Waals surface area contributed by atoms with E-state index in [1.165, 1.54) is 12.1 Å². The summed E-state index contributed by atoms with van der Waals surface area (Å²) >= 11 is 0. The number of aromatic hydroxyl groups is 1. The van der Waals surface area contributed by atoms with Crippen LogP contribution in [0.3, 0.4) is 0 Å². The largest absolute Gasteiger partial charge is 0.524 e. The van der Waals surface area contributed by atoms with Gasteiger partial charge in [0, 0.05) is 0 Å². The number of phenolic OH excluding ortho intramolecular Hbond substituents is 1. The van der Waals surface area contributed by atoms with Crippen LogP contribution >= 0.6 is 7.82 Å². The predicted octanol–water partition coefficient (Wildman–Crippen LogP) is 4.37. The zero-order valence-corrected chi connectivity index (χ0v) is 14.3. The van der Waals surface area contributed by atoms with Crippen molar-refractivity contribution in [2.24, 2.45) is 0 Å². The van der Waals surface area contributed by atoms with Crippen LogP contribution in [0.2, 0.25) is 0 Å². The lowest BCUT2D eigenvalue weighted by molar-refractivity contribution is 0.283. The highest BCUT2D eigenvalue weighted by Crippen LogP contribution is 2.38. The minimum absolute atomic E-state index is 0.106. The van der Waals surface area contributed by atoms with E-state index in [0.29, 0.717) is 0 Å². The first-order valence-electron chi connectivity index (χ1n) is 7.32. The van der Waals surface area contributed by atoms with E-state index in [1.54, 1.807) is 24.3 Å². The van der Waals surface area contributed by atoms with Crippen LogP contribution in [0, 0.1) is 0 Å². The Labute approximate surface area is 140 Å². The summed E-state index contributed by atoms with van der Waals surface area (Å²) in [4.78, 5) is 17.7. The van der Waals surface area contributed by atoms with E-state index < -0.39 is 7.82 Å². The first-order valence-corrected chi connectivity index (χ1v) is 8.85. The monoisotopic (exact) mass is 346 g/mol. The van der Waals surface area contributed by atoms with E-state index in [-0.39, 0.29) is 11.5 Å². The maximum atomic E-state index is 10.9. The minimum Gasteiger partial charge on any atom is -0.508 e. The Morgan fingerprint density at radius 1 is 0.875 bits per heavy atom. The average molecular weight is 346 g/mol. The molecule has 0 aliphatic carbocycles. The van der Waals surface area contributed by atoms with Gasteiger partial charge < -0.3 is 9.63 Å². The number of benzene rings is 2. The highest BCUT2D eigenvalue weighted by molar-refractivity contribution is 7.46. The van der Waals surface area contributed by atoms with Gasteiger partial charge in [-0.2, -0.15) is 0 Å². The van der Waals surface area contributed by atoms with E-state index >= 15 is 0 Å². The van der Waals surface area contributed by atoms with Crippen molar-refractivity contribution in [3.63, 3.8) is 0 Å². The molecule has 0 aromatic heterocycles. The van der Waals surface area contributed by atoms with Gasteiger partial charge in [-0.05, 0) is 60.4 Å². The number of phosphoric acid groups is 1. The molecule has 0 amide bonds. The van der Waals surface area contributed by atoms with Crippen molar-refractivity contribution >= 4 is 19.0 Å². The SMILES string of the molecule is C/C=C(/C(=C/C)c1ccc(OP(=O)(O)O)cc1)c1ccc(O)cc1. The first kappa shape index (κ1) is 18.0. The molecule has 0 radical (unpaired) electrons. The van der Waals surface area contributed by atoms with E-state index in [1.807, 2.05) is 38.1 Å². The lowest BCUT2D eigenvalue weighted by atomic mass is 9.92. The second-order valence-electron chi connectivity index (χ2n) is 5.06. The third-order valence-electron chi connectivity index (χ3n) is 3.44. The second-order valence-corrected chi connectivity index (χ2v) is 6.22. The summed E-state index contributed by atoms with van der Waals surface area (Å²) in [5, 5.41) is 9.44. The number of allylic oxidation sites excluding steroid dienone is 4. The highest BCUT2D eigenvalue weighted by atomic mass is 31.2. The molecule has 0 atom stereocenters. The van der Waals surface area contributed by atoms with Crippen LogP contribution in [0.15, 0.2) is 60.7 Å². The summed E-state index contributed by atoms with van der Waals surface area (Å²) < 4.78 is 15.4. The van der Waals surface area contributed by atoms with E-state index in [4.69, 9.17) is 9.79 Å². The van der Waals surface area contributed by atoms with Crippen molar-refractivity contribution in [3.05, 3.63) is 71.8 Å². The van der Waals surface area contributed by atoms with Gasteiger partial charge in [0.25, 0.3) is 0 Å². The number of phenols is 1. The minimum atomic E-state index is -4.56. The molecule has 5 nitrogen and oxygen atoms in total. The molecule has 2 rings (SSSR count). The van der Waals surface area contributed by atoms with Crippen molar-refractivity contribution < 1.29 is 24.0 Å². The fraction of sp³-hybridized carbons (Fsp3) is 0.111. The third kappa shape index (κ3) is 4.59. The van der Waals surface area contributed by atoms with Gasteiger partial charge in [-0.3, -0.25) is 9.79 Å². The Kier molecular flexibility index (Phi) is 5.62. The summed E-state index contributed by atoms with van der Waals surface area (Å²) in [6, 6.07) is 13.4. The average Bonchev–Trinajstić information content (AvgIpc) is 2.53. The van der Waals surface area contributed by atoms with Crippen LogP contribution in [-0.4, -0.2) is 14.9 Å². The number of rotatable bonds is 5. The van der Waals surface area contributed by atoms with Gasteiger partial charge in [-0.15, -0.1) is 0 Å². The molecule has 0 saturated carbocycles. The van der Waals surface area contributed by atoms with Gasteiger partial charge in [0.15, 0.2) is 0 Å². The second kappa shape index (κ2) is 7.49. The van der Waals surface area contributed by atoms with Crippen LogP contribution in [0.1, 0.15) is 25.0 Å². The first-order chi connectivity index (χ1) is 11.3. The Morgan fingerprint density at radius 2 is 1.29 bits per heavy atom. The Hall–Kier alpha value is -2.33. The molecule has 24 heavy (non-hydrogen) atoms. The van der Waals surface area contributed by atoms with Crippen molar-refractivity contribution in [1.82, 2.24) is 0 Å². The Balaban J connectivity index is 2.34. The maximum Gasteiger partial charge on any atom is 0.524 e. The molecule has 0 fully saturated rings. The molecule has 0 bridgehead atoms. The molecule has 2 aromatic carbocycles.